The molecule has 0 fully saturated rings. The van der Waals surface area contributed by atoms with E-state index in [9.17, 15) is 4.79 Å². The molecule has 0 aliphatic carbocycles. The molecule has 24 heavy (non-hydrogen) atoms. The molecular weight excluding hydrogens is 328 g/mol. The van der Waals surface area contributed by atoms with Gasteiger partial charge >= 0.3 is 6.03 Å². The SMILES string of the molecule is COc1ccc(C(C)(C)C)cc1NC(=O)NCCn1cc(Cl)cn1. The van der Waals surface area contributed by atoms with E-state index in [1.54, 1.807) is 24.2 Å². The van der Waals surface area contributed by atoms with Gasteiger partial charge in [0.15, 0.2) is 0 Å². The molecule has 0 bridgehead atoms. The molecule has 1 heterocycles. The van der Waals surface area contributed by atoms with Crippen LogP contribution in [0.25, 0.3) is 0 Å². The Bertz CT molecular complexity index is 707. The second kappa shape index (κ2) is 7.57. The summed E-state index contributed by atoms with van der Waals surface area (Å²) in [7, 11) is 1.58. The number of amides is 2. The third-order valence-electron chi connectivity index (χ3n) is 3.54. The summed E-state index contributed by atoms with van der Waals surface area (Å²) >= 11 is 5.80. The van der Waals surface area contributed by atoms with Crippen LogP contribution in [0, 0.1) is 0 Å². The number of urea groups is 1. The lowest BCUT2D eigenvalue weighted by Crippen LogP contribution is -2.31. The molecule has 0 spiro atoms. The molecule has 2 amide bonds. The highest BCUT2D eigenvalue weighted by atomic mass is 35.5. The topological polar surface area (TPSA) is 68.2 Å². The van der Waals surface area contributed by atoms with E-state index in [1.807, 2.05) is 18.2 Å². The predicted molar refractivity (Wildman–Crippen MR) is 96.0 cm³/mol. The lowest BCUT2D eigenvalue weighted by Gasteiger charge is -2.21. The first kappa shape index (κ1) is 18.1. The first-order valence-electron chi connectivity index (χ1n) is 7.71. The van der Waals surface area contributed by atoms with Crippen molar-refractivity contribution in [3.05, 3.63) is 41.2 Å². The Kier molecular flexibility index (Phi) is 5.72. The van der Waals surface area contributed by atoms with Gasteiger partial charge in [-0.05, 0) is 23.1 Å². The third kappa shape index (κ3) is 4.89. The molecule has 2 N–H and O–H groups in total. The second-order valence-electron chi connectivity index (χ2n) is 6.47. The standard InChI is InChI=1S/C17H23ClN4O2/c1-17(2,3)12-5-6-15(24-4)14(9-12)21-16(23)19-7-8-22-11-13(18)10-20-22/h5-6,9-11H,7-8H2,1-4H3,(H2,19,21,23). The molecule has 0 aliphatic heterocycles. The molecule has 0 unspecified atom stereocenters. The molecule has 0 radical (unpaired) electrons. The number of aromatic nitrogens is 2. The lowest BCUT2D eigenvalue weighted by atomic mass is 9.87. The summed E-state index contributed by atoms with van der Waals surface area (Å²) < 4.78 is 6.99. The normalized spacial score (nSPS) is 11.2. The molecule has 1 aromatic carbocycles. The number of halogens is 1. The Balaban J connectivity index is 1.97. The van der Waals surface area contributed by atoms with E-state index in [1.165, 1.54) is 0 Å². The van der Waals surface area contributed by atoms with Crippen LogP contribution in [0.5, 0.6) is 5.75 Å². The molecule has 2 rings (SSSR count). The van der Waals surface area contributed by atoms with Crippen LogP contribution in [0.3, 0.4) is 0 Å². The van der Waals surface area contributed by atoms with E-state index in [-0.39, 0.29) is 11.4 Å². The van der Waals surface area contributed by atoms with E-state index in [0.29, 0.717) is 29.5 Å². The van der Waals surface area contributed by atoms with Crippen LogP contribution in [0.15, 0.2) is 30.6 Å². The number of hydrogen-bond donors (Lipinski definition) is 2. The van der Waals surface area contributed by atoms with Gasteiger partial charge in [-0.2, -0.15) is 5.10 Å². The van der Waals surface area contributed by atoms with Crippen LogP contribution in [0.1, 0.15) is 26.3 Å². The lowest BCUT2D eigenvalue weighted by molar-refractivity contribution is 0.251. The van der Waals surface area contributed by atoms with Crippen LogP contribution in [-0.4, -0.2) is 29.5 Å². The average Bonchev–Trinajstić information content (AvgIpc) is 2.91. The molecule has 0 saturated carbocycles. The fourth-order valence-corrected chi connectivity index (χ4v) is 2.34. The van der Waals surface area contributed by atoms with Gasteiger partial charge in [0.05, 0.1) is 30.6 Å². The van der Waals surface area contributed by atoms with Crippen LogP contribution in [0.2, 0.25) is 5.02 Å². The smallest absolute Gasteiger partial charge is 0.319 e. The number of nitrogens with one attached hydrogen (secondary N) is 2. The maximum absolute atomic E-state index is 12.1. The number of anilines is 1. The van der Waals surface area contributed by atoms with E-state index in [0.717, 1.165) is 5.56 Å². The first-order chi connectivity index (χ1) is 11.3. The van der Waals surface area contributed by atoms with Crippen molar-refractivity contribution in [2.24, 2.45) is 0 Å². The zero-order chi connectivity index (χ0) is 17.7. The van der Waals surface area contributed by atoms with E-state index in [2.05, 4.69) is 36.5 Å². The number of benzene rings is 1. The Morgan fingerprint density at radius 2 is 2.12 bits per heavy atom. The van der Waals surface area contributed by atoms with Crippen molar-refractivity contribution in [1.29, 1.82) is 0 Å². The molecule has 7 heteroatoms. The number of nitrogens with zero attached hydrogens (tertiary/aromatic N) is 2. The van der Waals surface area contributed by atoms with Gasteiger partial charge in [0.2, 0.25) is 0 Å². The number of hydrogen-bond acceptors (Lipinski definition) is 3. The summed E-state index contributed by atoms with van der Waals surface area (Å²) in [6.07, 6.45) is 3.27. The Hall–Kier alpha value is -2.21. The van der Waals surface area contributed by atoms with Gasteiger partial charge in [0.25, 0.3) is 0 Å². The van der Waals surface area contributed by atoms with E-state index < -0.39 is 0 Å². The van der Waals surface area contributed by atoms with Crippen LogP contribution in [0.4, 0.5) is 10.5 Å². The van der Waals surface area contributed by atoms with E-state index >= 15 is 0 Å². The molecule has 2 aromatic rings. The number of carbonyl (C=O) groups excluding carboxylic acids is 1. The molecular formula is C17H23ClN4O2. The summed E-state index contributed by atoms with van der Waals surface area (Å²) in [5.41, 5.74) is 1.74. The highest BCUT2D eigenvalue weighted by Crippen LogP contribution is 2.31. The number of ether oxygens (including phenoxy) is 1. The summed E-state index contributed by atoms with van der Waals surface area (Å²) in [5.74, 6) is 0.622. The highest BCUT2D eigenvalue weighted by Gasteiger charge is 2.16. The largest absolute Gasteiger partial charge is 0.495 e. The van der Waals surface area contributed by atoms with Gasteiger partial charge < -0.3 is 15.4 Å². The van der Waals surface area contributed by atoms with Gasteiger partial charge in [-0.15, -0.1) is 0 Å². The van der Waals surface area contributed by atoms with Crippen molar-refractivity contribution in [3.8, 4) is 5.75 Å². The predicted octanol–water partition coefficient (Wildman–Crippen LogP) is 3.66. The van der Waals surface area contributed by atoms with Crippen LogP contribution in [-0.2, 0) is 12.0 Å². The monoisotopic (exact) mass is 350 g/mol. The summed E-state index contributed by atoms with van der Waals surface area (Å²) in [6.45, 7) is 7.33. The number of methoxy groups -OCH3 is 1. The first-order valence-corrected chi connectivity index (χ1v) is 8.09. The van der Waals surface area contributed by atoms with Crippen LogP contribution < -0.4 is 15.4 Å². The van der Waals surface area contributed by atoms with Gasteiger partial charge in [-0.25, -0.2) is 4.79 Å². The Morgan fingerprint density at radius 3 is 2.71 bits per heavy atom. The molecule has 0 atom stereocenters. The minimum absolute atomic E-state index is 0.0153. The fraction of sp³-hybridized carbons (Fsp3) is 0.412. The van der Waals surface area contributed by atoms with Crippen molar-refractivity contribution in [1.82, 2.24) is 15.1 Å². The summed E-state index contributed by atoms with van der Waals surface area (Å²) in [4.78, 5) is 12.1. The zero-order valence-electron chi connectivity index (χ0n) is 14.4. The number of rotatable bonds is 5. The summed E-state index contributed by atoms with van der Waals surface area (Å²) in [5, 5.41) is 10.3. The minimum atomic E-state index is -0.294. The maximum Gasteiger partial charge on any atom is 0.319 e. The minimum Gasteiger partial charge on any atom is -0.495 e. The molecule has 1 aromatic heterocycles. The maximum atomic E-state index is 12.1. The van der Waals surface area contributed by atoms with Crippen molar-refractivity contribution < 1.29 is 9.53 Å². The Labute approximate surface area is 147 Å². The zero-order valence-corrected chi connectivity index (χ0v) is 15.1. The fourth-order valence-electron chi connectivity index (χ4n) is 2.18. The van der Waals surface area contributed by atoms with Crippen molar-refractivity contribution >= 4 is 23.3 Å². The van der Waals surface area contributed by atoms with Crippen molar-refractivity contribution in [3.63, 3.8) is 0 Å². The van der Waals surface area contributed by atoms with Gasteiger partial charge in [0.1, 0.15) is 5.75 Å². The van der Waals surface area contributed by atoms with E-state index in [4.69, 9.17) is 16.3 Å². The quantitative estimate of drug-likeness (QED) is 0.864. The molecule has 130 valence electrons. The molecule has 0 aliphatic rings. The van der Waals surface area contributed by atoms with Crippen LogP contribution >= 0.6 is 11.6 Å². The highest BCUT2D eigenvalue weighted by molar-refractivity contribution is 6.30. The van der Waals surface area contributed by atoms with Gasteiger partial charge in [-0.3, -0.25) is 4.68 Å². The summed E-state index contributed by atoms with van der Waals surface area (Å²) in [6, 6.07) is 5.51. The Morgan fingerprint density at radius 1 is 1.38 bits per heavy atom. The number of carbonyl (C=O) groups is 1. The second-order valence-corrected chi connectivity index (χ2v) is 6.90. The average molecular weight is 351 g/mol. The molecule has 0 saturated heterocycles. The third-order valence-corrected chi connectivity index (χ3v) is 3.74. The van der Waals surface area contributed by atoms with Crippen molar-refractivity contribution in [2.45, 2.75) is 32.7 Å². The van der Waals surface area contributed by atoms with Gasteiger partial charge in [-0.1, -0.05) is 38.4 Å². The van der Waals surface area contributed by atoms with Gasteiger partial charge in [0, 0.05) is 12.7 Å². The molecule has 6 nitrogen and oxygen atoms in total. The van der Waals surface area contributed by atoms with Crippen molar-refractivity contribution in [2.75, 3.05) is 19.0 Å².